The summed E-state index contributed by atoms with van der Waals surface area (Å²) in [5.41, 5.74) is 0. The standard InChI is InChI=1S/C5H12S2.2Na/c6-4-2-1-3-5-7;;/h6-7H,1-5H2;;/q;2*+1/p-2. The van der Waals surface area contributed by atoms with Gasteiger partial charge in [-0.05, 0) is 0 Å². The van der Waals surface area contributed by atoms with E-state index in [1.165, 1.54) is 19.3 Å². The van der Waals surface area contributed by atoms with Crippen LogP contribution in [0, 0.1) is 0 Å². The average molecular weight is 180 g/mol. The van der Waals surface area contributed by atoms with E-state index in [4.69, 9.17) is 25.3 Å². The van der Waals surface area contributed by atoms with Crippen LogP contribution in [0.4, 0.5) is 0 Å². The fraction of sp³-hybridized carbons (Fsp3) is 1.00. The van der Waals surface area contributed by atoms with Gasteiger partial charge in [0, 0.05) is 0 Å². The Morgan fingerprint density at radius 3 is 1.22 bits per heavy atom. The largest absolute Gasteiger partial charge is 1.00 e. The van der Waals surface area contributed by atoms with Gasteiger partial charge in [0.2, 0.25) is 0 Å². The number of unbranched alkanes of at least 4 members (excludes halogenated alkanes) is 2. The first-order valence-corrected chi connectivity index (χ1v) is 3.73. The summed E-state index contributed by atoms with van der Waals surface area (Å²) in [6, 6.07) is 0. The minimum Gasteiger partial charge on any atom is -0.793 e. The quantitative estimate of drug-likeness (QED) is 0.242. The number of rotatable bonds is 4. The zero-order valence-electron chi connectivity index (χ0n) is 6.35. The van der Waals surface area contributed by atoms with Crippen LogP contribution in [0.5, 0.6) is 0 Å². The van der Waals surface area contributed by atoms with Crippen molar-refractivity contribution in [3.63, 3.8) is 0 Å². The molecule has 0 amide bonds. The zero-order valence-corrected chi connectivity index (χ0v) is 12.0. The van der Waals surface area contributed by atoms with E-state index >= 15 is 0 Å². The summed E-state index contributed by atoms with van der Waals surface area (Å²) in [5, 5.41) is 0. The van der Waals surface area contributed by atoms with Crippen LogP contribution in [0.3, 0.4) is 0 Å². The third-order valence-corrected chi connectivity index (χ3v) is 1.37. The molecule has 0 N–H and O–H groups in total. The minimum atomic E-state index is 0. The Morgan fingerprint density at radius 2 is 1.00 bits per heavy atom. The van der Waals surface area contributed by atoms with Crippen molar-refractivity contribution in [2.45, 2.75) is 19.3 Å². The molecule has 0 saturated heterocycles. The van der Waals surface area contributed by atoms with Crippen molar-refractivity contribution >= 4 is 25.3 Å². The van der Waals surface area contributed by atoms with Crippen molar-refractivity contribution in [1.82, 2.24) is 0 Å². The second kappa shape index (κ2) is 17.0. The van der Waals surface area contributed by atoms with Gasteiger partial charge < -0.3 is 25.3 Å². The Balaban J connectivity index is -0.000000180. The van der Waals surface area contributed by atoms with Crippen LogP contribution in [0.15, 0.2) is 0 Å². The van der Waals surface area contributed by atoms with Gasteiger partial charge in [0.25, 0.3) is 0 Å². The molecule has 0 unspecified atom stereocenters. The van der Waals surface area contributed by atoms with Gasteiger partial charge in [0.1, 0.15) is 0 Å². The molecule has 0 aromatic rings. The zero-order chi connectivity index (χ0) is 5.54. The second-order valence-electron chi connectivity index (χ2n) is 1.47. The third kappa shape index (κ3) is 18.0. The molecule has 0 atom stereocenters. The molecule has 0 aliphatic heterocycles. The Morgan fingerprint density at radius 1 is 0.667 bits per heavy atom. The van der Waals surface area contributed by atoms with Crippen LogP contribution >= 0.6 is 0 Å². The van der Waals surface area contributed by atoms with Gasteiger partial charge in [0.15, 0.2) is 0 Å². The SMILES string of the molecule is [Na+].[Na+].[S-]CCCCC[S-]. The predicted octanol–water partition coefficient (Wildman–Crippen LogP) is -4.74. The van der Waals surface area contributed by atoms with Gasteiger partial charge in [-0.15, -0.1) is 0 Å². The molecule has 0 aromatic carbocycles. The maximum atomic E-state index is 4.73. The predicted molar refractivity (Wildman–Crippen MR) is 38.3 cm³/mol. The third-order valence-electron chi connectivity index (χ3n) is 0.789. The molecular weight excluding hydrogens is 170 g/mol. The molecule has 44 valence electrons. The van der Waals surface area contributed by atoms with Crippen LogP contribution in [0.25, 0.3) is 0 Å². The average Bonchev–Trinajstić information content (AvgIpc) is 1.69. The van der Waals surface area contributed by atoms with Crippen LogP contribution < -0.4 is 59.1 Å². The first-order valence-electron chi connectivity index (χ1n) is 2.58. The Bertz CT molecular complexity index is 32.1. The summed E-state index contributed by atoms with van der Waals surface area (Å²) >= 11 is 9.46. The minimum absolute atomic E-state index is 0. The van der Waals surface area contributed by atoms with Gasteiger partial charge in [-0.2, -0.15) is 11.5 Å². The van der Waals surface area contributed by atoms with Crippen molar-refractivity contribution in [2.24, 2.45) is 0 Å². The molecule has 0 aliphatic carbocycles. The molecule has 0 bridgehead atoms. The second-order valence-corrected chi connectivity index (χ2v) is 2.29. The van der Waals surface area contributed by atoms with Crippen LogP contribution in [0.2, 0.25) is 0 Å². The van der Waals surface area contributed by atoms with Crippen molar-refractivity contribution in [2.75, 3.05) is 11.5 Å². The Hall–Kier alpha value is 2.70. The van der Waals surface area contributed by atoms with E-state index < -0.39 is 0 Å². The molecule has 0 spiro atoms. The van der Waals surface area contributed by atoms with Gasteiger partial charge in [0.05, 0.1) is 0 Å². The van der Waals surface area contributed by atoms with Gasteiger partial charge >= 0.3 is 59.1 Å². The van der Waals surface area contributed by atoms with Crippen molar-refractivity contribution in [3.8, 4) is 0 Å². The van der Waals surface area contributed by atoms with E-state index in [0.717, 1.165) is 11.5 Å². The van der Waals surface area contributed by atoms with Gasteiger partial charge in [-0.25, -0.2) is 0 Å². The Kier molecular flexibility index (Phi) is 33.4. The van der Waals surface area contributed by atoms with E-state index in [1.54, 1.807) is 0 Å². The topological polar surface area (TPSA) is 0 Å². The molecular formula is C5H10Na2S2. The van der Waals surface area contributed by atoms with E-state index in [1.807, 2.05) is 0 Å². The van der Waals surface area contributed by atoms with Crippen molar-refractivity contribution < 1.29 is 59.1 Å². The molecule has 4 heteroatoms. The summed E-state index contributed by atoms with van der Waals surface area (Å²) in [6.07, 6.45) is 3.57. The van der Waals surface area contributed by atoms with Gasteiger partial charge in [-0.1, -0.05) is 19.3 Å². The van der Waals surface area contributed by atoms with E-state index in [0.29, 0.717) is 0 Å². The molecule has 0 aromatic heterocycles. The number of hydrogen-bond acceptors (Lipinski definition) is 2. The smallest absolute Gasteiger partial charge is 0.793 e. The molecule has 0 aliphatic rings. The molecule has 0 rings (SSSR count). The summed E-state index contributed by atoms with van der Waals surface area (Å²) in [4.78, 5) is 0. The van der Waals surface area contributed by atoms with Crippen molar-refractivity contribution in [1.29, 1.82) is 0 Å². The van der Waals surface area contributed by atoms with Crippen LogP contribution in [-0.2, 0) is 25.3 Å². The summed E-state index contributed by atoms with van der Waals surface area (Å²) in [7, 11) is 0. The molecule has 9 heavy (non-hydrogen) atoms. The maximum absolute atomic E-state index is 4.73. The summed E-state index contributed by atoms with van der Waals surface area (Å²) in [6.45, 7) is 0. The first kappa shape index (κ1) is 17.7. The van der Waals surface area contributed by atoms with Crippen LogP contribution in [-0.4, -0.2) is 11.5 Å². The summed E-state index contributed by atoms with van der Waals surface area (Å²) in [5.74, 6) is 1.80. The molecule has 0 radical (unpaired) electrons. The fourth-order valence-electron chi connectivity index (χ4n) is 0.381. The normalized spacial score (nSPS) is 7.33. The summed E-state index contributed by atoms with van der Waals surface area (Å²) < 4.78 is 0. The van der Waals surface area contributed by atoms with Gasteiger partial charge in [-0.3, -0.25) is 0 Å². The Labute approximate surface area is 113 Å². The van der Waals surface area contributed by atoms with Crippen molar-refractivity contribution in [3.05, 3.63) is 0 Å². The maximum Gasteiger partial charge on any atom is 1.00 e. The first-order chi connectivity index (χ1) is 3.41. The molecule has 0 nitrogen and oxygen atoms in total. The molecule has 0 fully saturated rings. The molecule has 0 saturated carbocycles. The van der Waals surface area contributed by atoms with Crippen LogP contribution in [0.1, 0.15) is 19.3 Å². The van der Waals surface area contributed by atoms with E-state index in [-0.39, 0.29) is 59.1 Å². The fourth-order valence-corrected chi connectivity index (χ4v) is 0.789. The van der Waals surface area contributed by atoms with E-state index in [9.17, 15) is 0 Å². The number of hydrogen-bond donors (Lipinski definition) is 0. The van der Waals surface area contributed by atoms with E-state index in [2.05, 4.69) is 0 Å². The monoisotopic (exact) mass is 180 g/mol. The molecule has 0 heterocycles.